The third-order valence-electron chi connectivity index (χ3n) is 3.92. The first-order chi connectivity index (χ1) is 12.8. The molecule has 2 rings (SSSR count). The lowest BCUT2D eigenvalue weighted by atomic mass is 10.2. The molecule has 27 heavy (non-hydrogen) atoms. The van der Waals surface area contributed by atoms with E-state index in [1.165, 1.54) is 29.2 Å². The fraction of sp³-hybridized carbons (Fsp3) is 0.353. The van der Waals surface area contributed by atoms with E-state index in [-0.39, 0.29) is 24.1 Å². The van der Waals surface area contributed by atoms with Gasteiger partial charge in [-0.15, -0.1) is 0 Å². The number of amides is 3. The highest BCUT2D eigenvalue weighted by atomic mass is 16.6. The Hall–Kier alpha value is -3.43. The van der Waals surface area contributed by atoms with E-state index >= 15 is 0 Å². The molecular weight excluding hydrogens is 354 g/mol. The number of aryl methyl sites for hydroxylation is 1. The van der Waals surface area contributed by atoms with Crippen molar-refractivity contribution in [3.05, 3.63) is 46.2 Å². The predicted molar refractivity (Wildman–Crippen MR) is 98.4 cm³/mol. The Morgan fingerprint density at radius 3 is 2.48 bits per heavy atom. The minimum Gasteiger partial charge on any atom is -0.360 e. The van der Waals surface area contributed by atoms with E-state index in [1.54, 1.807) is 13.0 Å². The van der Waals surface area contributed by atoms with Crippen LogP contribution in [0.4, 0.5) is 22.0 Å². The third kappa shape index (κ3) is 5.53. The van der Waals surface area contributed by atoms with E-state index in [0.717, 1.165) is 0 Å². The molecule has 0 spiro atoms. The Labute approximate surface area is 155 Å². The van der Waals surface area contributed by atoms with E-state index in [9.17, 15) is 19.7 Å². The number of nitrogens with one attached hydrogen (secondary N) is 2. The molecule has 2 N–H and O–H groups in total. The molecule has 0 aliphatic carbocycles. The van der Waals surface area contributed by atoms with Crippen molar-refractivity contribution < 1.29 is 19.0 Å². The summed E-state index contributed by atoms with van der Waals surface area (Å²) in [5.41, 5.74) is 0.320. The van der Waals surface area contributed by atoms with Crippen LogP contribution in [0.5, 0.6) is 0 Å². The highest BCUT2D eigenvalue weighted by Crippen LogP contribution is 2.17. The second kappa shape index (κ2) is 8.79. The average Bonchev–Trinajstić information content (AvgIpc) is 3.04. The van der Waals surface area contributed by atoms with Crippen LogP contribution < -0.4 is 10.6 Å². The predicted octanol–water partition coefficient (Wildman–Crippen LogP) is 3.16. The number of rotatable bonds is 7. The lowest BCUT2D eigenvalue weighted by Crippen LogP contribution is -2.45. The van der Waals surface area contributed by atoms with Gasteiger partial charge in [-0.3, -0.25) is 14.9 Å². The Bertz CT molecular complexity index is 817. The lowest BCUT2D eigenvalue weighted by Gasteiger charge is -2.28. The van der Waals surface area contributed by atoms with Crippen molar-refractivity contribution in [2.24, 2.45) is 0 Å². The first kappa shape index (κ1) is 19.9. The summed E-state index contributed by atoms with van der Waals surface area (Å²) < 4.78 is 4.89. The van der Waals surface area contributed by atoms with Crippen LogP contribution in [0.3, 0.4) is 0 Å². The summed E-state index contributed by atoms with van der Waals surface area (Å²) in [4.78, 5) is 36.4. The standard InChI is InChI=1S/C17H21N5O5/c1-4-11(2)21(10-16(23)19-15-9-12(3)27-20-15)17(24)18-13-5-7-14(8-6-13)22(25)26/h5-9,11H,4,10H2,1-3H3,(H,18,24)(H,19,20,23)/t11-/m1/s1. The van der Waals surface area contributed by atoms with Gasteiger partial charge in [-0.25, -0.2) is 4.79 Å². The first-order valence-corrected chi connectivity index (χ1v) is 8.35. The zero-order valence-corrected chi connectivity index (χ0v) is 15.3. The van der Waals surface area contributed by atoms with Crippen molar-refractivity contribution in [1.29, 1.82) is 0 Å². The maximum absolute atomic E-state index is 12.6. The van der Waals surface area contributed by atoms with Crippen LogP contribution >= 0.6 is 0 Å². The van der Waals surface area contributed by atoms with Gasteiger partial charge in [0.2, 0.25) is 5.91 Å². The summed E-state index contributed by atoms with van der Waals surface area (Å²) in [6.07, 6.45) is 0.643. The van der Waals surface area contributed by atoms with Crippen LogP contribution in [0.2, 0.25) is 0 Å². The van der Waals surface area contributed by atoms with Crippen LogP contribution in [-0.4, -0.2) is 39.5 Å². The molecule has 3 amide bonds. The van der Waals surface area contributed by atoms with Gasteiger partial charge >= 0.3 is 6.03 Å². The fourth-order valence-corrected chi connectivity index (χ4v) is 2.27. The molecule has 1 aromatic heterocycles. The molecule has 144 valence electrons. The summed E-state index contributed by atoms with van der Waals surface area (Å²) in [5.74, 6) is 0.417. The van der Waals surface area contributed by atoms with E-state index in [1.807, 2.05) is 13.8 Å². The number of anilines is 2. The molecule has 1 aromatic carbocycles. The molecule has 0 radical (unpaired) electrons. The molecule has 0 saturated carbocycles. The molecule has 0 aliphatic heterocycles. The first-order valence-electron chi connectivity index (χ1n) is 8.35. The molecular formula is C17H21N5O5. The zero-order chi connectivity index (χ0) is 20.0. The van der Waals surface area contributed by atoms with E-state index < -0.39 is 16.9 Å². The topological polar surface area (TPSA) is 131 Å². The van der Waals surface area contributed by atoms with Crippen LogP contribution in [0.25, 0.3) is 0 Å². The Kier molecular flexibility index (Phi) is 6.47. The number of benzene rings is 1. The van der Waals surface area contributed by atoms with Crippen LogP contribution in [0.15, 0.2) is 34.9 Å². The Balaban J connectivity index is 2.04. The summed E-state index contributed by atoms with van der Waals surface area (Å²) in [7, 11) is 0. The van der Waals surface area contributed by atoms with Gasteiger partial charge in [0.25, 0.3) is 5.69 Å². The summed E-state index contributed by atoms with van der Waals surface area (Å²) >= 11 is 0. The van der Waals surface area contributed by atoms with Gasteiger partial charge in [0.05, 0.1) is 4.92 Å². The minimum atomic E-state index is -0.521. The van der Waals surface area contributed by atoms with E-state index in [2.05, 4.69) is 15.8 Å². The van der Waals surface area contributed by atoms with Gasteiger partial charge in [-0.05, 0) is 32.4 Å². The number of non-ortho nitro benzene ring substituents is 1. The molecule has 0 fully saturated rings. The largest absolute Gasteiger partial charge is 0.360 e. The van der Waals surface area contributed by atoms with Crippen molar-refractivity contribution in [3.63, 3.8) is 0 Å². The fourth-order valence-electron chi connectivity index (χ4n) is 2.27. The van der Waals surface area contributed by atoms with Crippen molar-refractivity contribution in [2.75, 3.05) is 17.2 Å². The number of hydrogen-bond donors (Lipinski definition) is 2. The number of aromatic nitrogens is 1. The molecule has 1 atom stereocenters. The number of hydrogen-bond acceptors (Lipinski definition) is 6. The second-order valence-corrected chi connectivity index (χ2v) is 5.99. The van der Waals surface area contributed by atoms with Gasteiger partial charge in [-0.2, -0.15) is 0 Å². The number of carbonyl (C=O) groups is 2. The maximum atomic E-state index is 12.6. The maximum Gasteiger partial charge on any atom is 0.322 e. The van der Waals surface area contributed by atoms with E-state index in [4.69, 9.17) is 4.52 Å². The molecule has 10 heteroatoms. The summed E-state index contributed by atoms with van der Waals surface area (Å²) in [6, 6.07) is 6.35. The quantitative estimate of drug-likeness (QED) is 0.564. The zero-order valence-electron chi connectivity index (χ0n) is 15.3. The summed E-state index contributed by atoms with van der Waals surface area (Å²) in [5, 5.41) is 19.6. The van der Waals surface area contributed by atoms with Gasteiger partial charge < -0.3 is 20.1 Å². The molecule has 1 heterocycles. The molecule has 0 bridgehead atoms. The van der Waals surface area contributed by atoms with Crippen molar-refractivity contribution in [1.82, 2.24) is 10.1 Å². The molecule has 10 nitrogen and oxygen atoms in total. The SMILES string of the molecule is CC[C@@H](C)N(CC(=O)Nc1cc(C)on1)C(=O)Nc1ccc([N+](=O)[O-])cc1. The van der Waals surface area contributed by atoms with Crippen molar-refractivity contribution in [3.8, 4) is 0 Å². The van der Waals surface area contributed by atoms with Crippen LogP contribution in [0.1, 0.15) is 26.0 Å². The number of nitrogens with zero attached hydrogens (tertiary/aromatic N) is 3. The number of urea groups is 1. The van der Waals surface area contributed by atoms with Crippen LogP contribution in [-0.2, 0) is 4.79 Å². The molecule has 0 unspecified atom stereocenters. The Morgan fingerprint density at radius 1 is 1.30 bits per heavy atom. The number of nitro benzene ring substituents is 1. The van der Waals surface area contributed by atoms with Crippen LogP contribution in [0, 0.1) is 17.0 Å². The Morgan fingerprint density at radius 2 is 1.96 bits per heavy atom. The van der Waals surface area contributed by atoms with Crippen molar-refractivity contribution in [2.45, 2.75) is 33.2 Å². The normalized spacial score (nSPS) is 11.5. The van der Waals surface area contributed by atoms with E-state index in [0.29, 0.717) is 17.9 Å². The summed E-state index contributed by atoms with van der Waals surface area (Å²) in [6.45, 7) is 5.24. The number of nitro groups is 1. The highest BCUT2D eigenvalue weighted by molar-refractivity contribution is 5.96. The molecule has 2 aromatic rings. The lowest BCUT2D eigenvalue weighted by molar-refractivity contribution is -0.384. The van der Waals surface area contributed by atoms with Gasteiger partial charge in [0.15, 0.2) is 5.82 Å². The van der Waals surface area contributed by atoms with Gasteiger partial charge in [0.1, 0.15) is 12.3 Å². The van der Waals surface area contributed by atoms with Gasteiger partial charge in [-0.1, -0.05) is 12.1 Å². The monoisotopic (exact) mass is 375 g/mol. The molecule has 0 saturated heterocycles. The number of carbonyl (C=O) groups excluding carboxylic acids is 2. The third-order valence-corrected chi connectivity index (χ3v) is 3.92. The average molecular weight is 375 g/mol. The second-order valence-electron chi connectivity index (χ2n) is 5.99. The molecule has 0 aliphatic rings. The minimum absolute atomic E-state index is 0.0749. The smallest absolute Gasteiger partial charge is 0.322 e. The van der Waals surface area contributed by atoms with Crippen molar-refractivity contribution >= 4 is 29.1 Å². The van der Waals surface area contributed by atoms with Gasteiger partial charge in [0, 0.05) is 29.9 Å². The highest BCUT2D eigenvalue weighted by Gasteiger charge is 2.22.